The first-order chi connectivity index (χ1) is 13.9. The number of benzene rings is 2. The topological polar surface area (TPSA) is 75.7 Å². The second-order valence-electron chi connectivity index (χ2n) is 7.07. The number of hydrogen-bond acceptors (Lipinski definition) is 4. The number of hydrogen-bond donors (Lipinski definition) is 1. The maximum Gasteiger partial charge on any atom is 0.258 e. The number of piperidine rings is 1. The van der Waals surface area contributed by atoms with Gasteiger partial charge in [-0.1, -0.05) is 30.2 Å². The summed E-state index contributed by atoms with van der Waals surface area (Å²) in [6, 6.07) is 13.3. The van der Waals surface area contributed by atoms with Crippen molar-refractivity contribution in [1.82, 2.24) is 9.62 Å². The Kier molecular flexibility index (Phi) is 7.16. The van der Waals surface area contributed by atoms with Crippen molar-refractivity contribution >= 4 is 27.5 Å². The maximum atomic E-state index is 12.7. The lowest BCUT2D eigenvalue weighted by molar-refractivity contribution is -0.123. The minimum Gasteiger partial charge on any atom is -0.484 e. The molecule has 1 aliphatic heterocycles. The Morgan fingerprint density at radius 3 is 2.31 bits per heavy atom. The molecule has 0 aliphatic carbocycles. The molecule has 1 heterocycles. The van der Waals surface area contributed by atoms with Gasteiger partial charge in [0.2, 0.25) is 10.0 Å². The van der Waals surface area contributed by atoms with Crippen molar-refractivity contribution in [1.29, 1.82) is 0 Å². The summed E-state index contributed by atoms with van der Waals surface area (Å²) in [4.78, 5) is 12.4. The van der Waals surface area contributed by atoms with E-state index in [1.165, 1.54) is 16.4 Å². The Balaban J connectivity index is 1.53. The lowest BCUT2D eigenvalue weighted by atomic mass is 10.1. The summed E-state index contributed by atoms with van der Waals surface area (Å²) in [5.41, 5.74) is 0.940. The van der Waals surface area contributed by atoms with E-state index in [1.807, 2.05) is 19.1 Å². The average molecular weight is 437 g/mol. The van der Waals surface area contributed by atoms with Crippen LogP contribution in [0.4, 0.5) is 0 Å². The number of nitrogens with zero attached hydrogens (tertiary/aromatic N) is 1. The quantitative estimate of drug-likeness (QED) is 0.716. The highest BCUT2D eigenvalue weighted by Crippen LogP contribution is 2.23. The smallest absolute Gasteiger partial charge is 0.258 e. The average Bonchev–Trinajstić information content (AvgIpc) is 2.73. The third kappa shape index (κ3) is 5.72. The first kappa shape index (κ1) is 21.6. The summed E-state index contributed by atoms with van der Waals surface area (Å²) in [7, 11) is -3.47. The van der Waals surface area contributed by atoms with E-state index >= 15 is 0 Å². The van der Waals surface area contributed by atoms with E-state index in [0.29, 0.717) is 23.9 Å². The summed E-state index contributed by atoms with van der Waals surface area (Å²) in [5.74, 6) is 0.175. The number of ether oxygens (including phenoxy) is 1. The van der Waals surface area contributed by atoms with Gasteiger partial charge in [-0.3, -0.25) is 4.79 Å². The highest BCUT2D eigenvalue weighted by Gasteiger charge is 2.25. The number of carbonyl (C=O) groups excluding carboxylic acids is 1. The first-order valence-electron chi connectivity index (χ1n) is 9.64. The predicted octanol–water partition coefficient (Wildman–Crippen LogP) is 3.77. The zero-order valence-corrected chi connectivity index (χ0v) is 17.9. The van der Waals surface area contributed by atoms with Gasteiger partial charge in [-0.2, -0.15) is 4.31 Å². The van der Waals surface area contributed by atoms with Gasteiger partial charge in [0.05, 0.1) is 10.9 Å². The van der Waals surface area contributed by atoms with Crippen LogP contribution in [-0.4, -0.2) is 38.3 Å². The summed E-state index contributed by atoms with van der Waals surface area (Å²) < 4.78 is 32.3. The molecule has 0 spiro atoms. The van der Waals surface area contributed by atoms with Crippen LogP contribution in [0.2, 0.25) is 5.02 Å². The Morgan fingerprint density at radius 2 is 1.69 bits per heavy atom. The number of sulfonamides is 1. The van der Waals surface area contributed by atoms with Gasteiger partial charge < -0.3 is 10.1 Å². The van der Waals surface area contributed by atoms with E-state index in [1.54, 1.807) is 24.3 Å². The molecule has 0 saturated carbocycles. The van der Waals surface area contributed by atoms with Crippen LogP contribution in [0.25, 0.3) is 0 Å². The molecule has 1 aliphatic rings. The molecule has 6 nitrogen and oxygen atoms in total. The van der Waals surface area contributed by atoms with Crippen molar-refractivity contribution in [3.05, 3.63) is 59.1 Å². The zero-order chi connectivity index (χ0) is 20.9. The number of nitrogens with one attached hydrogen (secondary N) is 1. The monoisotopic (exact) mass is 436 g/mol. The summed E-state index contributed by atoms with van der Waals surface area (Å²) in [5, 5.41) is 3.50. The number of amides is 1. The molecule has 1 atom stereocenters. The van der Waals surface area contributed by atoms with E-state index in [2.05, 4.69) is 5.32 Å². The summed E-state index contributed by atoms with van der Waals surface area (Å²) >= 11 is 5.88. The van der Waals surface area contributed by atoms with Crippen LogP contribution < -0.4 is 10.1 Å². The second kappa shape index (κ2) is 9.61. The van der Waals surface area contributed by atoms with Gasteiger partial charge in [-0.05, 0) is 61.7 Å². The van der Waals surface area contributed by atoms with E-state index in [9.17, 15) is 13.2 Å². The normalized spacial score (nSPS) is 16.2. The number of halogens is 1. The van der Waals surface area contributed by atoms with Crippen molar-refractivity contribution in [2.24, 2.45) is 0 Å². The molecular formula is C21H25ClN2O4S. The fourth-order valence-corrected chi connectivity index (χ4v) is 4.87. The van der Waals surface area contributed by atoms with Crippen molar-refractivity contribution in [2.75, 3.05) is 19.7 Å². The molecule has 2 aromatic rings. The predicted molar refractivity (Wildman–Crippen MR) is 113 cm³/mol. The van der Waals surface area contributed by atoms with Crippen LogP contribution >= 0.6 is 11.6 Å². The molecule has 3 rings (SSSR count). The zero-order valence-electron chi connectivity index (χ0n) is 16.3. The molecule has 1 fully saturated rings. The standard InChI is InChI=1S/C21H25ClN2O4S/c1-16(17-5-7-18(22)8-6-17)23-21(25)15-28-19-9-11-20(12-10-19)29(26,27)24-13-3-2-4-14-24/h5-12,16H,2-4,13-15H2,1H3,(H,23,25). The minimum absolute atomic E-state index is 0.157. The van der Waals surface area contributed by atoms with Gasteiger partial charge in [-0.25, -0.2) is 8.42 Å². The van der Waals surface area contributed by atoms with Crippen LogP contribution in [0.3, 0.4) is 0 Å². The van der Waals surface area contributed by atoms with Gasteiger partial charge in [0.1, 0.15) is 5.75 Å². The van der Waals surface area contributed by atoms with Crippen LogP contribution in [0, 0.1) is 0 Å². The highest BCUT2D eigenvalue weighted by molar-refractivity contribution is 7.89. The molecule has 2 aromatic carbocycles. The van der Waals surface area contributed by atoms with E-state index in [4.69, 9.17) is 16.3 Å². The Hall–Kier alpha value is -2.09. The fraction of sp³-hybridized carbons (Fsp3) is 0.381. The lowest BCUT2D eigenvalue weighted by Gasteiger charge is -2.25. The van der Waals surface area contributed by atoms with Crippen molar-refractivity contribution < 1.29 is 17.9 Å². The molecule has 1 N–H and O–H groups in total. The van der Waals surface area contributed by atoms with E-state index in [0.717, 1.165) is 24.8 Å². The van der Waals surface area contributed by atoms with Crippen LogP contribution in [0.1, 0.15) is 37.8 Å². The minimum atomic E-state index is -3.47. The first-order valence-corrected chi connectivity index (χ1v) is 11.5. The summed E-state index contributed by atoms with van der Waals surface area (Å²) in [6.07, 6.45) is 2.85. The van der Waals surface area contributed by atoms with Crippen LogP contribution in [-0.2, 0) is 14.8 Å². The van der Waals surface area contributed by atoms with Crippen LogP contribution in [0.15, 0.2) is 53.4 Å². The molecule has 0 bridgehead atoms. The summed E-state index contributed by atoms with van der Waals surface area (Å²) in [6.45, 7) is 2.84. The van der Waals surface area contributed by atoms with Crippen molar-refractivity contribution in [2.45, 2.75) is 37.1 Å². The van der Waals surface area contributed by atoms with Crippen LogP contribution in [0.5, 0.6) is 5.75 Å². The third-order valence-corrected chi connectivity index (χ3v) is 7.06. The van der Waals surface area contributed by atoms with E-state index in [-0.39, 0.29) is 23.5 Å². The number of carbonyl (C=O) groups is 1. The molecule has 1 amide bonds. The highest BCUT2D eigenvalue weighted by atomic mass is 35.5. The molecule has 0 radical (unpaired) electrons. The fourth-order valence-electron chi connectivity index (χ4n) is 3.23. The maximum absolute atomic E-state index is 12.7. The number of rotatable bonds is 7. The molecule has 8 heteroatoms. The van der Waals surface area contributed by atoms with E-state index < -0.39 is 10.0 Å². The van der Waals surface area contributed by atoms with Crippen molar-refractivity contribution in [3.8, 4) is 5.75 Å². The molecule has 1 saturated heterocycles. The van der Waals surface area contributed by atoms with Gasteiger partial charge >= 0.3 is 0 Å². The molecule has 156 valence electrons. The SMILES string of the molecule is CC(NC(=O)COc1ccc(S(=O)(=O)N2CCCCC2)cc1)c1ccc(Cl)cc1. The van der Waals surface area contributed by atoms with Gasteiger partial charge in [-0.15, -0.1) is 0 Å². The molecule has 0 aromatic heterocycles. The Bertz CT molecular complexity index is 924. The van der Waals surface area contributed by atoms with Gasteiger partial charge in [0.25, 0.3) is 5.91 Å². The lowest BCUT2D eigenvalue weighted by Crippen LogP contribution is -2.35. The molecule has 29 heavy (non-hydrogen) atoms. The Labute approximate surface area is 176 Å². The largest absolute Gasteiger partial charge is 0.484 e. The molecule has 1 unspecified atom stereocenters. The van der Waals surface area contributed by atoms with Crippen molar-refractivity contribution in [3.63, 3.8) is 0 Å². The Morgan fingerprint density at radius 1 is 1.07 bits per heavy atom. The third-order valence-electron chi connectivity index (χ3n) is 4.89. The molecular weight excluding hydrogens is 412 g/mol. The van der Waals surface area contributed by atoms with Gasteiger partial charge in [0.15, 0.2) is 6.61 Å². The second-order valence-corrected chi connectivity index (χ2v) is 9.44. The van der Waals surface area contributed by atoms with Gasteiger partial charge in [0, 0.05) is 18.1 Å².